The molecule has 1 amide bonds. The zero-order chi connectivity index (χ0) is 15.4. The number of carbonyl (C=O) groups excluding carboxylic acids is 1. The third kappa shape index (κ3) is 2.66. The number of aromatic nitrogens is 4. The SMILES string of the molecule is COc1cccc(NC(=O)C2(n3cnnn3)CCCCC2)c1. The van der Waals surface area contributed by atoms with E-state index >= 15 is 0 Å². The van der Waals surface area contributed by atoms with Crippen LogP contribution in [0.4, 0.5) is 5.69 Å². The quantitative estimate of drug-likeness (QED) is 0.933. The highest BCUT2D eigenvalue weighted by atomic mass is 16.5. The Morgan fingerprint density at radius 2 is 2.14 bits per heavy atom. The van der Waals surface area contributed by atoms with Crippen molar-refractivity contribution in [2.45, 2.75) is 37.6 Å². The molecule has 0 atom stereocenters. The maximum absolute atomic E-state index is 12.9. The van der Waals surface area contributed by atoms with Gasteiger partial charge in [-0.25, -0.2) is 4.68 Å². The molecule has 0 bridgehead atoms. The lowest BCUT2D eigenvalue weighted by Crippen LogP contribution is -2.47. The zero-order valence-corrected chi connectivity index (χ0v) is 12.5. The number of benzene rings is 1. The predicted octanol–water partition coefficient (Wildman–Crippen LogP) is 1.98. The number of tetrazole rings is 1. The van der Waals surface area contributed by atoms with Crippen LogP contribution in [0.25, 0.3) is 0 Å². The summed E-state index contributed by atoms with van der Waals surface area (Å²) in [5.41, 5.74) is 0.00699. The molecule has 1 aliphatic carbocycles. The van der Waals surface area contributed by atoms with E-state index in [0.29, 0.717) is 11.4 Å². The Labute approximate surface area is 128 Å². The third-order valence-electron chi connectivity index (χ3n) is 4.22. The van der Waals surface area contributed by atoms with Crippen molar-refractivity contribution in [3.8, 4) is 5.75 Å². The maximum Gasteiger partial charge on any atom is 0.252 e. The molecule has 1 N–H and O–H groups in total. The van der Waals surface area contributed by atoms with Gasteiger partial charge in [-0.05, 0) is 35.4 Å². The van der Waals surface area contributed by atoms with Crippen LogP contribution >= 0.6 is 0 Å². The van der Waals surface area contributed by atoms with Gasteiger partial charge in [0.25, 0.3) is 5.91 Å². The molecular formula is C15H19N5O2. The molecule has 0 unspecified atom stereocenters. The maximum atomic E-state index is 12.9. The summed E-state index contributed by atoms with van der Waals surface area (Å²) < 4.78 is 6.79. The highest BCUT2D eigenvalue weighted by Crippen LogP contribution is 2.35. The number of rotatable bonds is 4. The average Bonchev–Trinajstić information content (AvgIpc) is 3.10. The van der Waals surface area contributed by atoms with Gasteiger partial charge in [-0.15, -0.1) is 5.10 Å². The molecule has 3 rings (SSSR count). The number of anilines is 1. The van der Waals surface area contributed by atoms with E-state index in [-0.39, 0.29) is 5.91 Å². The minimum atomic E-state index is -0.704. The number of hydrogen-bond donors (Lipinski definition) is 1. The molecule has 1 fully saturated rings. The Morgan fingerprint density at radius 3 is 2.82 bits per heavy atom. The van der Waals surface area contributed by atoms with Crippen LogP contribution in [-0.4, -0.2) is 33.2 Å². The summed E-state index contributed by atoms with van der Waals surface area (Å²) in [7, 11) is 1.60. The molecule has 1 heterocycles. The summed E-state index contributed by atoms with van der Waals surface area (Å²) in [5, 5.41) is 14.3. The first kappa shape index (κ1) is 14.5. The highest BCUT2D eigenvalue weighted by molar-refractivity contribution is 5.96. The van der Waals surface area contributed by atoms with E-state index in [1.807, 2.05) is 18.2 Å². The van der Waals surface area contributed by atoms with Crippen molar-refractivity contribution in [3.63, 3.8) is 0 Å². The second-order valence-corrected chi connectivity index (χ2v) is 5.53. The number of nitrogens with one attached hydrogen (secondary N) is 1. The molecule has 1 saturated carbocycles. The minimum Gasteiger partial charge on any atom is -0.497 e. The summed E-state index contributed by atoms with van der Waals surface area (Å²) in [5.74, 6) is 0.630. The topological polar surface area (TPSA) is 81.9 Å². The van der Waals surface area contributed by atoms with Crippen molar-refractivity contribution in [1.29, 1.82) is 0 Å². The smallest absolute Gasteiger partial charge is 0.252 e. The monoisotopic (exact) mass is 301 g/mol. The minimum absolute atomic E-state index is 0.0762. The van der Waals surface area contributed by atoms with Gasteiger partial charge in [-0.3, -0.25) is 4.79 Å². The first-order valence-electron chi connectivity index (χ1n) is 7.43. The molecule has 1 aromatic carbocycles. The van der Waals surface area contributed by atoms with E-state index in [4.69, 9.17) is 4.74 Å². The number of ether oxygens (including phenoxy) is 1. The molecule has 7 heteroatoms. The van der Waals surface area contributed by atoms with Gasteiger partial charge in [-0.2, -0.15) is 0 Å². The Morgan fingerprint density at radius 1 is 1.32 bits per heavy atom. The van der Waals surface area contributed by atoms with Crippen molar-refractivity contribution in [2.75, 3.05) is 12.4 Å². The summed E-state index contributed by atoms with van der Waals surface area (Å²) in [6.07, 6.45) is 6.13. The number of hydrogen-bond acceptors (Lipinski definition) is 5. The van der Waals surface area contributed by atoms with Crippen LogP contribution in [0, 0.1) is 0 Å². The second kappa shape index (κ2) is 6.13. The van der Waals surface area contributed by atoms with Crippen LogP contribution in [0.15, 0.2) is 30.6 Å². The van der Waals surface area contributed by atoms with Gasteiger partial charge in [0.1, 0.15) is 17.6 Å². The molecule has 22 heavy (non-hydrogen) atoms. The van der Waals surface area contributed by atoms with Gasteiger partial charge in [0.05, 0.1) is 7.11 Å². The van der Waals surface area contributed by atoms with Gasteiger partial charge >= 0.3 is 0 Å². The molecule has 0 saturated heterocycles. The van der Waals surface area contributed by atoms with Crippen LogP contribution in [-0.2, 0) is 10.3 Å². The van der Waals surface area contributed by atoms with E-state index in [1.54, 1.807) is 17.9 Å². The van der Waals surface area contributed by atoms with Crippen molar-refractivity contribution < 1.29 is 9.53 Å². The summed E-state index contributed by atoms with van der Waals surface area (Å²) in [6, 6.07) is 7.33. The second-order valence-electron chi connectivity index (χ2n) is 5.53. The van der Waals surface area contributed by atoms with Gasteiger partial charge < -0.3 is 10.1 Å². The van der Waals surface area contributed by atoms with Crippen LogP contribution in [0.1, 0.15) is 32.1 Å². The summed E-state index contributed by atoms with van der Waals surface area (Å²) in [6.45, 7) is 0. The Balaban J connectivity index is 1.86. The lowest BCUT2D eigenvalue weighted by Gasteiger charge is -2.35. The fraction of sp³-hybridized carbons (Fsp3) is 0.467. The molecule has 0 radical (unpaired) electrons. The number of methoxy groups -OCH3 is 1. The van der Waals surface area contributed by atoms with Crippen molar-refractivity contribution in [2.24, 2.45) is 0 Å². The highest BCUT2D eigenvalue weighted by Gasteiger charge is 2.42. The van der Waals surface area contributed by atoms with Gasteiger partial charge in [0.2, 0.25) is 0 Å². The molecule has 2 aromatic rings. The van der Waals surface area contributed by atoms with Crippen LogP contribution in [0.5, 0.6) is 5.75 Å². The third-order valence-corrected chi connectivity index (χ3v) is 4.22. The molecule has 0 spiro atoms. The lowest BCUT2D eigenvalue weighted by molar-refractivity contribution is -0.126. The molecular weight excluding hydrogens is 282 g/mol. The number of carbonyl (C=O) groups is 1. The number of nitrogens with zero attached hydrogens (tertiary/aromatic N) is 4. The fourth-order valence-corrected chi connectivity index (χ4v) is 3.00. The molecule has 1 aliphatic rings. The number of amides is 1. The largest absolute Gasteiger partial charge is 0.497 e. The summed E-state index contributed by atoms with van der Waals surface area (Å²) >= 11 is 0. The normalized spacial score (nSPS) is 17.0. The van der Waals surface area contributed by atoms with Crippen molar-refractivity contribution >= 4 is 11.6 Å². The standard InChI is InChI=1S/C15H19N5O2/c1-22-13-7-5-6-12(10-13)17-14(21)15(8-3-2-4-9-15)20-11-16-18-19-20/h5-7,10-11H,2-4,8-9H2,1H3,(H,17,21). The van der Waals surface area contributed by atoms with Crippen LogP contribution in [0.3, 0.4) is 0 Å². The van der Waals surface area contributed by atoms with Crippen molar-refractivity contribution in [3.05, 3.63) is 30.6 Å². The Hall–Kier alpha value is -2.44. The lowest BCUT2D eigenvalue weighted by atomic mass is 9.81. The first-order chi connectivity index (χ1) is 10.7. The molecule has 1 aromatic heterocycles. The van der Waals surface area contributed by atoms with Crippen LogP contribution < -0.4 is 10.1 Å². The van der Waals surface area contributed by atoms with Crippen molar-refractivity contribution in [1.82, 2.24) is 20.2 Å². The van der Waals surface area contributed by atoms with E-state index in [0.717, 1.165) is 32.1 Å². The Kier molecular flexibility index (Phi) is 4.04. The van der Waals surface area contributed by atoms with E-state index in [1.165, 1.54) is 6.33 Å². The summed E-state index contributed by atoms with van der Waals surface area (Å²) in [4.78, 5) is 12.9. The van der Waals surface area contributed by atoms with E-state index in [9.17, 15) is 4.79 Å². The zero-order valence-electron chi connectivity index (χ0n) is 12.5. The van der Waals surface area contributed by atoms with Gasteiger partial charge in [0.15, 0.2) is 0 Å². The van der Waals surface area contributed by atoms with Crippen LogP contribution in [0.2, 0.25) is 0 Å². The first-order valence-corrected chi connectivity index (χ1v) is 7.43. The van der Waals surface area contributed by atoms with Gasteiger partial charge in [-0.1, -0.05) is 25.3 Å². The fourth-order valence-electron chi connectivity index (χ4n) is 3.00. The van der Waals surface area contributed by atoms with E-state index in [2.05, 4.69) is 20.8 Å². The Bertz CT molecular complexity index is 635. The predicted molar refractivity (Wildman–Crippen MR) is 80.5 cm³/mol. The molecule has 116 valence electrons. The molecule has 0 aliphatic heterocycles. The molecule has 7 nitrogen and oxygen atoms in total. The van der Waals surface area contributed by atoms with E-state index < -0.39 is 5.54 Å². The average molecular weight is 301 g/mol. The van der Waals surface area contributed by atoms with Gasteiger partial charge in [0, 0.05) is 11.8 Å².